The van der Waals surface area contributed by atoms with Gasteiger partial charge in [-0.3, -0.25) is 4.79 Å². The molecule has 0 saturated heterocycles. The van der Waals surface area contributed by atoms with Gasteiger partial charge in [0.1, 0.15) is 0 Å². The van der Waals surface area contributed by atoms with Crippen LogP contribution < -0.4 is 11.1 Å². The molecule has 0 spiro atoms. The number of hydrogen-bond acceptors (Lipinski definition) is 4. The zero-order valence-corrected chi connectivity index (χ0v) is 12.1. The number of carbonyl (C=O) groups is 1. The monoisotopic (exact) mass is 279 g/mol. The third kappa shape index (κ3) is 4.42. The first-order valence-corrected chi connectivity index (χ1v) is 7.77. The standard InChI is InChI=1S/C14H21N3OS/c1-10-4-2-3-5-12(10)17-13(18)9-19-14-7-6-11(15)8-16-14/h6-8,10,12H,2-5,9,15H2,1H3,(H,17,18). The third-order valence-corrected chi connectivity index (χ3v) is 4.51. The number of carbonyl (C=O) groups excluding carboxylic acids is 1. The number of anilines is 1. The lowest BCUT2D eigenvalue weighted by Gasteiger charge is -2.29. The summed E-state index contributed by atoms with van der Waals surface area (Å²) in [6.07, 6.45) is 6.46. The van der Waals surface area contributed by atoms with E-state index in [1.165, 1.54) is 31.0 Å². The summed E-state index contributed by atoms with van der Waals surface area (Å²) in [5, 5.41) is 3.97. The molecule has 1 aliphatic carbocycles. The summed E-state index contributed by atoms with van der Waals surface area (Å²) in [5.74, 6) is 1.11. The molecule has 1 heterocycles. The van der Waals surface area contributed by atoms with Crippen LogP contribution in [0.4, 0.5) is 5.69 Å². The van der Waals surface area contributed by atoms with Crippen LogP contribution in [-0.2, 0) is 4.79 Å². The molecule has 1 aromatic heterocycles. The summed E-state index contributed by atoms with van der Waals surface area (Å²) in [6.45, 7) is 2.22. The van der Waals surface area contributed by atoms with Crippen molar-refractivity contribution in [2.24, 2.45) is 5.92 Å². The molecule has 0 bridgehead atoms. The Hall–Kier alpha value is -1.23. The number of nitrogen functional groups attached to an aromatic ring is 1. The number of nitrogens with two attached hydrogens (primary N) is 1. The number of rotatable bonds is 4. The van der Waals surface area contributed by atoms with Gasteiger partial charge in [-0.15, -0.1) is 0 Å². The quantitative estimate of drug-likeness (QED) is 0.831. The third-order valence-electron chi connectivity index (χ3n) is 3.57. The summed E-state index contributed by atoms with van der Waals surface area (Å²) >= 11 is 1.45. The molecule has 1 fully saturated rings. The zero-order chi connectivity index (χ0) is 13.7. The molecule has 104 valence electrons. The Morgan fingerprint density at radius 3 is 2.95 bits per heavy atom. The maximum atomic E-state index is 11.9. The van der Waals surface area contributed by atoms with Crippen LogP contribution in [0.25, 0.3) is 0 Å². The van der Waals surface area contributed by atoms with Gasteiger partial charge in [0.2, 0.25) is 5.91 Å². The van der Waals surface area contributed by atoms with E-state index in [9.17, 15) is 4.79 Å². The molecule has 4 nitrogen and oxygen atoms in total. The Labute approximate surface area is 118 Å². The molecule has 0 aliphatic heterocycles. The fraction of sp³-hybridized carbons (Fsp3) is 0.571. The second-order valence-electron chi connectivity index (χ2n) is 5.15. The minimum Gasteiger partial charge on any atom is -0.397 e. The Morgan fingerprint density at radius 1 is 1.47 bits per heavy atom. The van der Waals surface area contributed by atoms with Gasteiger partial charge >= 0.3 is 0 Å². The maximum absolute atomic E-state index is 11.9. The molecule has 2 unspecified atom stereocenters. The Balaban J connectivity index is 1.76. The predicted molar refractivity (Wildman–Crippen MR) is 78.9 cm³/mol. The van der Waals surface area contributed by atoms with Gasteiger partial charge in [0.15, 0.2) is 0 Å². The average molecular weight is 279 g/mol. The summed E-state index contributed by atoms with van der Waals surface area (Å²) in [7, 11) is 0. The molecule has 2 rings (SSSR count). The highest BCUT2D eigenvalue weighted by Gasteiger charge is 2.22. The highest BCUT2D eigenvalue weighted by atomic mass is 32.2. The topological polar surface area (TPSA) is 68.0 Å². The van der Waals surface area contributed by atoms with Crippen molar-refractivity contribution in [3.8, 4) is 0 Å². The largest absolute Gasteiger partial charge is 0.397 e. The smallest absolute Gasteiger partial charge is 0.230 e. The minimum atomic E-state index is 0.0994. The number of amides is 1. The van der Waals surface area contributed by atoms with E-state index < -0.39 is 0 Å². The molecule has 1 amide bonds. The second kappa shape index (κ2) is 6.80. The summed E-state index contributed by atoms with van der Waals surface area (Å²) in [4.78, 5) is 16.1. The Kier molecular flexibility index (Phi) is 5.07. The van der Waals surface area contributed by atoms with E-state index in [-0.39, 0.29) is 5.91 Å². The minimum absolute atomic E-state index is 0.0994. The number of aromatic nitrogens is 1. The van der Waals surface area contributed by atoms with E-state index in [4.69, 9.17) is 5.73 Å². The number of nitrogens with zero attached hydrogens (tertiary/aromatic N) is 1. The average Bonchev–Trinajstić information content (AvgIpc) is 2.41. The molecule has 19 heavy (non-hydrogen) atoms. The van der Waals surface area contributed by atoms with E-state index in [1.807, 2.05) is 6.07 Å². The molecular weight excluding hydrogens is 258 g/mol. The number of hydrogen-bond donors (Lipinski definition) is 2. The van der Waals surface area contributed by atoms with Crippen LogP contribution in [0.2, 0.25) is 0 Å². The molecule has 1 aromatic rings. The van der Waals surface area contributed by atoms with Crippen LogP contribution in [0.1, 0.15) is 32.6 Å². The molecule has 0 aromatic carbocycles. The van der Waals surface area contributed by atoms with Crippen molar-refractivity contribution < 1.29 is 4.79 Å². The van der Waals surface area contributed by atoms with E-state index >= 15 is 0 Å². The van der Waals surface area contributed by atoms with Gasteiger partial charge < -0.3 is 11.1 Å². The lowest BCUT2D eigenvalue weighted by atomic mass is 9.86. The number of thioether (sulfide) groups is 1. The molecule has 3 N–H and O–H groups in total. The number of nitrogens with one attached hydrogen (secondary N) is 1. The lowest BCUT2D eigenvalue weighted by Crippen LogP contribution is -2.41. The first-order valence-electron chi connectivity index (χ1n) is 6.79. The van der Waals surface area contributed by atoms with Gasteiger partial charge in [0.25, 0.3) is 0 Å². The van der Waals surface area contributed by atoms with E-state index in [0.717, 1.165) is 11.4 Å². The lowest BCUT2D eigenvalue weighted by molar-refractivity contribution is -0.119. The van der Waals surface area contributed by atoms with Crippen molar-refractivity contribution in [1.82, 2.24) is 10.3 Å². The molecule has 2 atom stereocenters. The van der Waals surface area contributed by atoms with Crippen LogP contribution in [0.15, 0.2) is 23.4 Å². The second-order valence-corrected chi connectivity index (χ2v) is 6.15. The van der Waals surface area contributed by atoms with Crippen LogP contribution in [0.3, 0.4) is 0 Å². The van der Waals surface area contributed by atoms with Gasteiger partial charge in [0, 0.05) is 6.04 Å². The van der Waals surface area contributed by atoms with Crippen molar-refractivity contribution in [1.29, 1.82) is 0 Å². The highest BCUT2D eigenvalue weighted by molar-refractivity contribution is 7.99. The van der Waals surface area contributed by atoms with Crippen molar-refractivity contribution in [3.63, 3.8) is 0 Å². The van der Waals surface area contributed by atoms with E-state index in [0.29, 0.717) is 23.4 Å². The van der Waals surface area contributed by atoms with Gasteiger partial charge in [-0.2, -0.15) is 0 Å². The van der Waals surface area contributed by atoms with Crippen LogP contribution >= 0.6 is 11.8 Å². The molecule has 5 heteroatoms. The molecule has 0 radical (unpaired) electrons. The number of pyridine rings is 1. The van der Waals surface area contributed by atoms with Crippen LogP contribution in [-0.4, -0.2) is 22.7 Å². The van der Waals surface area contributed by atoms with Gasteiger partial charge in [-0.1, -0.05) is 31.5 Å². The summed E-state index contributed by atoms with van der Waals surface area (Å²) < 4.78 is 0. The fourth-order valence-electron chi connectivity index (χ4n) is 2.40. The van der Waals surface area contributed by atoms with E-state index in [2.05, 4.69) is 17.2 Å². The van der Waals surface area contributed by atoms with Crippen LogP contribution in [0.5, 0.6) is 0 Å². The predicted octanol–water partition coefficient (Wildman–Crippen LogP) is 2.45. The molecule has 1 aliphatic rings. The normalized spacial score (nSPS) is 23.0. The maximum Gasteiger partial charge on any atom is 0.230 e. The van der Waals surface area contributed by atoms with Crippen molar-refractivity contribution in [3.05, 3.63) is 18.3 Å². The van der Waals surface area contributed by atoms with Gasteiger partial charge in [0.05, 0.1) is 22.7 Å². The van der Waals surface area contributed by atoms with Crippen molar-refractivity contribution in [2.45, 2.75) is 43.7 Å². The fourth-order valence-corrected chi connectivity index (χ4v) is 3.05. The highest BCUT2D eigenvalue weighted by Crippen LogP contribution is 2.24. The van der Waals surface area contributed by atoms with Gasteiger partial charge in [-0.05, 0) is 30.9 Å². The molecule has 1 saturated carbocycles. The summed E-state index contributed by atoms with van der Waals surface area (Å²) in [6, 6.07) is 3.99. The van der Waals surface area contributed by atoms with Crippen molar-refractivity contribution in [2.75, 3.05) is 11.5 Å². The summed E-state index contributed by atoms with van der Waals surface area (Å²) in [5.41, 5.74) is 6.21. The molecular formula is C14H21N3OS. The SMILES string of the molecule is CC1CCCCC1NC(=O)CSc1ccc(N)cn1. The van der Waals surface area contributed by atoms with Gasteiger partial charge in [-0.25, -0.2) is 4.98 Å². The van der Waals surface area contributed by atoms with E-state index in [1.54, 1.807) is 12.3 Å². The Morgan fingerprint density at radius 2 is 2.26 bits per heavy atom. The first-order chi connectivity index (χ1) is 9.15. The zero-order valence-electron chi connectivity index (χ0n) is 11.3. The first kappa shape index (κ1) is 14.2. The van der Waals surface area contributed by atoms with Crippen molar-refractivity contribution >= 4 is 23.4 Å². The Bertz CT molecular complexity index is 421. The van der Waals surface area contributed by atoms with Crippen LogP contribution in [0, 0.1) is 5.92 Å².